The molecule has 5 nitrogen and oxygen atoms in total. The van der Waals surface area contributed by atoms with Crippen LogP contribution >= 0.6 is 0 Å². The van der Waals surface area contributed by atoms with Crippen LogP contribution in [0.1, 0.15) is 0 Å². The van der Waals surface area contributed by atoms with Gasteiger partial charge < -0.3 is 14.6 Å². The quantitative estimate of drug-likeness (QED) is 0.855. The number of methoxy groups -OCH3 is 1. The Morgan fingerprint density at radius 2 is 2.06 bits per heavy atom. The van der Waals surface area contributed by atoms with Crippen molar-refractivity contribution in [2.75, 3.05) is 13.7 Å². The third-order valence-electron chi connectivity index (χ3n) is 2.24. The van der Waals surface area contributed by atoms with Crippen LogP contribution in [0, 0.1) is 0 Å². The summed E-state index contributed by atoms with van der Waals surface area (Å²) in [5.74, 6) is 1.92. The summed E-state index contributed by atoms with van der Waals surface area (Å²) < 4.78 is 12.4. The molecule has 0 unspecified atom stereocenters. The third kappa shape index (κ3) is 2.76. The maximum absolute atomic E-state index is 8.78. The molecule has 17 heavy (non-hydrogen) atoms. The lowest BCUT2D eigenvalue weighted by atomic mass is 10.3. The summed E-state index contributed by atoms with van der Waals surface area (Å²) in [4.78, 5) is 0. The number of nitrogens with zero attached hydrogens (tertiary/aromatic N) is 2. The van der Waals surface area contributed by atoms with Crippen LogP contribution in [0.25, 0.3) is 0 Å². The maximum Gasteiger partial charge on any atom is 0.169 e. The van der Waals surface area contributed by atoms with Crippen molar-refractivity contribution in [2.45, 2.75) is 6.54 Å². The van der Waals surface area contributed by atoms with Crippen LogP contribution in [0.4, 0.5) is 0 Å². The molecule has 0 aliphatic carbocycles. The summed E-state index contributed by atoms with van der Waals surface area (Å²) in [5, 5.41) is 12.8. The van der Waals surface area contributed by atoms with Crippen LogP contribution in [-0.4, -0.2) is 28.6 Å². The van der Waals surface area contributed by atoms with Crippen molar-refractivity contribution in [2.24, 2.45) is 0 Å². The molecule has 0 fully saturated rings. The SMILES string of the molecule is COc1ccccc1Oc1cnn(CCO)c1. The highest BCUT2D eigenvalue weighted by Gasteiger charge is 2.05. The molecule has 0 bridgehead atoms. The van der Waals surface area contributed by atoms with E-state index in [4.69, 9.17) is 14.6 Å². The second-order valence-corrected chi connectivity index (χ2v) is 3.42. The van der Waals surface area contributed by atoms with E-state index < -0.39 is 0 Å². The third-order valence-corrected chi connectivity index (χ3v) is 2.24. The lowest BCUT2D eigenvalue weighted by Gasteiger charge is -2.07. The molecule has 0 aliphatic heterocycles. The van der Waals surface area contributed by atoms with Gasteiger partial charge in [0, 0.05) is 0 Å². The number of hydrogen-bond acceptors (Lipinski definition) is 4. The Labute approximate surface area is 99.2 Å². The fraction of sp³-hybridized carbons (Fsp3) is 0.250. The van der Waals surface area contributed by atoms with E-state index in [-0.39, 0.29) is 6.61 Å². The molecule has 0 saturated heterocycles. The lowest BCUT2D eigenvalue weighted by molar-refractivity contribution is 0.269. The molecule has 1 heterocycles. The number of rotatable bonds is 5. The van der Waals surface area contributed by atoms with Crippen LogP contribution in [0.15, 0.2) is 36.7 Å². The number of para-hydroxylation sites is 2. The van der Waals surface area contributed by atoms with Gasteiger partial charge in [-0.25, -0.2) is 0 Å². The molecular weight excluding hydrogens is 220 g/mol. The Balaban J connectivity index is 2.13. The van der Waals surface area contributed by atoms with Gasteiger partial charge in [-0.05, 0) is 12.1 Å². The minimum Gasteiger partial charge on any atom is -0.493 e. The Kier molecular flexibility index (Phi) is 3.62. The fourth-order valence-corrected chi connectivity index (χ4v) is 1.45. The molecule has 2 aromatic rings. The Morgan fingerprint density at radius 1 is 1.29 bits per heavy atom. The number of benzene rings is 1. The average molecular weight is 234 g/mol. The summed E-state index contributed by atoms with van der Waals surface area (Å²) in [6, 6.07) is 7.40. The molecule has 2 rings (SSSR count). The largest absolute Gasteiger partial charge is 0.493 e. The first kappa shape index (κ1) is 11.5. The van der Waals surface area contributed by atoms with E-state index in [1.807, 2.05) is 24.3 Å². The van der Waals surface area contributed by atoms with Crippen LogP contribution in [0.2, 0.25) is 0 Å². The molecule has 0 amide bonds. The van der Waals surface area contributed by atoms with Gasteiger partial charge in [0.1, 0.15) is 0 Å². The van der Waals surface area contributed by atoms with Crippen LogP contribution in [0.5, 0.6) is 17.2 Å². The van der Waals surface area contributed by atoms with E-state index in [9.17, 15) is 0 Å². The molecular formula is C12H14N2O3. The van der Waals surface area contributed by atoms with Gasteiger partial charge in [-0.2, -0.15) is 5.10 Å². The summed E-state index contributed by atoms with van der Waals surface area (Å²) in [5.41, 5.74) is 0. The van der Waals surface area contributed by atoms with Gasteiger partial charge >= 0.3 is 0 Å². The minimum absolute atomic E-state index is 0.0514. The van der Waals surface area contributed by atoms with E-state index >= 15 is 0 Å². The standard InChI is InChI=1S/C12H14N2O3/c1-16-11-4-2-3-5-12(11)17-10-8-13-14(9-10)6-7-15/h2-5,8-9,15H,6-7H2,1H3. The molecule has 1 N–H and O–H groups in total. The number of aliphatic hydroxyl groups excluding tert-OH is 1. The first-order chi connectivity index (χ1) is 8.33. The zero-order chi connectivity index (χ0) is 12.1. The molecule has 1 aromatic heterocycles. The highest BCUT2D eigenvalue weighted by molar-refractivity contribution is 5.41. The van der Waals surface area contributed by atoms with Crippen molar-refractivity contribution < 1.29 is 14.6 Å². The van der Waals surface area contributed by atoms with Gasteiger partial charge in [-0.15, -0.1) is 0 Å². The lowest BCUT2D eigenvalue weighted by Crippen LogP contribution is -2.01. The monoisotopic (exact) mass is 234 g/mol. The van der Waals surface area contributed by atoms with Gasteiger partial charge in [0.15, 0.2) is 17.2 Å². The molecule has 90 valence electrons. The van der Waals surface area contributed by atoms with Crippen molar-refractivity contribution in [3.8, 4) is 17.2 Å². The summed E-state index contributed by atoms with van der Waals surface area (Å²) in [6.45, 7) is 0.505. The summed E-state index contributed by atoms with van der Waals surface area (Å²) in [7, 11) is 1.59. The molecule has 0 atom stereocenters. The van der Waals surface area contributed by atoms with Crippen LogP contribution < -0.4 is 9.47 Å². The Morgan fingerprint density at radius 3 is 2.76 bits per heavy atom. The number of aromatic nitrogens is 2. The molecule has 0 saturated carbocycles. The van der Waals surface area contributed by atoms with Crippen molar-refractivity contribution in [3.63, 3.8) is 0 Å². The van der Waals surface area contributed by atoms with E-state index in [0.717, 1.165) is 0 Å². The van der Waals surface area contributed by atoms with E-state index in [0.29, 0.717) is 23.8 Å². The average Bonchev–Trinajstić information content (AvgIpc) is 2.78. The van der Waals surface area contributed by atoms with E-state index in [1.54, 1.807) is 24.2 Å². The van der Waals surface area contributed by atoms with Gasteiger partial charge in [0.25, 0.3) is 0 Å². The number of ether oxygens (including phenoxy) is 2. The zero-order valence-electron chi connectivity index (χ0n) is 9.54. The van der Waals surface area contributed by atoms with Crippen molar-refractivity contribution in [1.82, 2.24) is 9.78 Å². The number of aliphatic hydroxyl groups is 1. The van der Waals surface area contributed by atoms with Crippen LogP contribution in [0.3, 0.4) is 0 Å². The van der Waals surface area contributed by atoms with Gasteiger partial charge in [-0.3, -0.25) is 4.68 Å². The molecule has 5 heteroatoms. The first-order valence-corrected chi connectivity index (χ1v) is 5.27. The second-order valence-electron chi connectivity index (χ2n) is 3.42. The normalized spacial score (nSPS) is 10.2. The molecule has 0 aliphatic rings. The smallest absolute Gasteiger partial charge is 0.169 e. The van der Waals surface area contributed by atoms with Gasteiger partial charge in [0.2, 0.25) is 0 Å². The van der Waals surface area contributed by atoms with Crippen molar-refractivity contribution in [1.29, 1.82) is 0 Å². The minimum atomic E-state index is 0.0514. The Hall–Kier alpha value is -2.01. The topological polar surface area (TPSA) is 56.5 Å². The molecule has 0 radical (unpaired) electrons. The summed E-state index contributed by atoms with van der Waals surface area (Å²) >= 11 is 0. The molecule has 0 spiro atoms. The highest BCUT2D eigenvalue weighted by Crippen LogP contribution is 2.30. The van der Waals surface area contributed by atoms with Gasteiger partial charge in [0.05, 0.1) is 32.7 Å². The zero-order valence-corrected chi connectivity index (χ0v) is 9.54. The molecule has 1 aromatic carbocycles. The highest BCUT2D eigenvalue weighted by atomic mass is 16.5. The van der Waals surface area contributed by atoms with Crippen molar-refractivity contribution >= 4 is 0 Å². The van der Waals surface area contributed by atoms with Crippen LogP contribution in [-0.2, 0) is 6.54 Å². The van der Waals surface area contributed by atoms with E-state index in [1.165, 1.54) is 0 Å². The second kappa shape index (κ2) is 5.36. The Bertz CT molecular complexity index is 482. The van der Waals surface area contributed by atoms with Crippen molar-refractivity contribution in [3.05, 3.63) is 36.7 Å². The van der Waals surface area contributed by atoms with E-state index in [2.05, 4.69) is 5.10 Å². The predicted octanol–water partition coefficient (Wildman–Crippen LogP) is 1.68. The predicted molar refractivity (Wildman–Crippen MR) is 62.4 cm³/mol. The summed E-state index contributed by atoms with van der Waals surface area (Å²) in [6.07, 6.45) is 3.32. The number of hydrogen-bond donors (Lipinski definition) is 1. The van der Waals surface area contributed by atoms with Gasteiger partial charge in [-0.1, -0.05) is 12.1 Å². The fourth-order valence-electron chi connectivity index (χ4n) is 1.45. The maximum atomic E-state index is 8.78. The first-order valence-electron chi connectivity index (χ1n) is 5.27.